The fourth-order valence-electron chi connectivity index (χ4n) is 4.61. The van der Waals surface area contributed by atoms with Crippen LogP contribution in [0.4, 0.5) is 4.39 Å². The van der Waals surface area contributed by atoms with E-state index in [1.54, 1.807) is 24.3 Å². The third kappa shape index (κ3) is 4.37. The number of hydrogen-bond donors (Lipinski definition) is 1. The number of aromatic amines is 1. The molecule has 0 saturated heterocycles. The average Bonchev–Trinajstić information content (AvgIpc) is 3.30. The molecule has 7 heteroatoms. The van der Waals surface area contributed by atoms with E-state index in [4.69, 9.17) is 11.6 Å². The molecule has 1 atom stereocenters. The summed E-state index contributed by atoms with van der Waals surface area (Å²) in [5, 5.41) is 7.47. The average molecular weight is 488 g/mol. The van der Waals surface area contributed by atoms with E-state index >= 15 is 0 Å². The van der Waals surface area contributed by atoms with Crippen molar-refractivity contribution in [3.8, 4) is 11.1 Å². The summed E-state index contributed by atoms with van der Waals surface area (Å²) in [5.41, 5.74) is 3.61. The molecule has 1 N–H and O–H groups in total. The molecule has 0 fully saturated rings. The van der Waals surface area contributed by atoms with Crippen LogP contribution in [0.3, 0.4) is 0 Å². The maximum atomic E-state index is 13.6. The molecule has 0 aliphatic carbocycles. The van der Waals surface area contributed by atoms with E-state index in [1.807, 2.05) is 43.3 Å². The second-order valence-corrected chi connectivity index (χ2v) is 9.00. The first-order chi connectivity index (χ1) is 17.0. The fourth-order valence-corrected chi connectivity index (χ4v) is 4.78. The van der Waals surface area contributed by atoms with E-state index in [0.29, 0.717) is 46.6 Å². The quantitative estimate of drug-likeness (QED) is 0.351. The normalized spacial score (nSPS) is 15.5. The van der Waals surface area contributed by atoms with Crippen molar-refractivity contribution < 1.29 is 9.18 Å². The van der Waals surface area contributed by atoms with Crippen LogP contribution in [0.25, 0.3) is 22.0 Å². The predicted octanol–water partition coefficient (Wildman–Crippen LogP) is 6.47. The van der Waals surface area contributed by atoms with E-state index in [-0.39, 0.29) is 17.3 Å². The van der Waals surface area contributed by atoms with Crippen LogP contribution in [0.1, 0.15) is 43.4 Å². The lowest BCUT2D eigenvalue weighted by molar-refractivity contribution is -0.133. The Labute approximate surface area is 206 Å². The number of aromatic nitrogens is 1. The number of fused-ring (bicyclic) bond motifs is 1. The Morgan fingerprint density at radius 3 is 2.54 bits per heavy atom. The van der Waals surface area contributed by atoms with Gasteiger partial charge in [-0.05, 0) is 47.9 Å². The van der Waals surface area contributed by atoms with Gasteiger partial charge in [0.1, 0.15) is 5.82 Å². The molecule has 1 aromatic heterocycles. The van der Waals surface area contributed by atoms with Crippen molar-refractivity contribution >= 4 is 34.1 Å². The number of H-pyrrole nitrogens is 1. The van der Waals surface area contributed by atoms with Crippen LogP contribution in [0.2, 0.25) is 5.02 Å². The van der Waals surface area contributed by atoms with Crippen molar-refractivity contribution in [2.45, 2.75) is 32.2 Å². The second-order valence-electron chi connectivity index (χ2n) is 8.57. The number of hydrazone groups is 1. The van der Waals surface area contributed by atoms with Crippen molar-refractivity contribution in [1.29, 1.82) is 0 Å². The first-order valence-corrected chi connectivity index (χ1v) is 11.9. The molecule has 1 aliphatic rings. The monoisotopic (exact) mass is 487 g/mol. The smallest absolute Gasteiger partial charge is 0.258 e. The number of carbonyl (C=O) groups excluding carboxylic acids is 1. The highest BCUT2D eigenvalue weighted by Gasteiger charge is 2.35. The van der Waals surface area contributed by atoms with Gasteiger partial charge in [0.15, 0.2) is 0 Å². The first kappa shape index (κ1) is 23.0. The summed E-state index contributed by atoms with van der Waals surface area (Å²) in [5.74, 6) is -0.494. The molecule has 4 aromatic rings. The molecular formula is C28H23ClFN3O2. The van der Waals surface area contributed by atoms with Gasteiger partial charge < -0.3 is 4.98 Å². The summed E-state index contributed by atoms with van der Waals surface area (Å²) in [7, 11) is 0. The molecule has 0 bridgehead atoms. The number of carbonyl (C=O) groups is 1. The van der Waals surface area contributed by atoms with Gasteiger partial charge in [-0.1, -0.05) is 61.0 Å². The zero-order valence-corrected chi connectivity index (χ0v) is 19.8. The fraction of sp³-hybridized carbons (Fsp3) is 0.179. The molecule has 1 amide bonds. The van der Waals surface area contributed by atoms with Gasteiger partial charge in [0.05, 0.1) is 17.3 Å². The maximum Gasteiger partial charge on any atom is 0.258 e. The molecule has 0 saturated carbocycles. The largest absolute Gasteiger partial charge is 0.321 e. The van der Waals surface area contributed by atoms with Gasteiger partial charge in [0, 0.05) is 34.3 Å². The van der Waals surface area contributed by atoms with Gasteiger partial charge in [-0.2, -0.15) is 5.10 Å². The second kappa shape index (κ2) is 9.47. The summed E-state index contributed by atoms with van der Waals surface area (Å²) in [6.07, 6.45) is 1.32. The Kier molecular flexibility index (Phi) is 6.22. The summed E-state index contributed by atoms with van der Waals surface area (Å²) in [6, 6.07) is 20.6. The van der Waals surface area contributed by atoms with Crippen LogP contribution < -0.4 is 5.56 Å². The van der Waals surface area contributed by atoms with Crippen molar-refractivity contribution in [2.24, 2.45) is 5.10 Å². The molecule has 0 radical (unpaired) electrons. The minimum absolute atomic E-state index is 0.140. The van der Waals surface area contributed by atoms with E-state index in [1.165, 1.54) is 17.1 Å². The van der Waals surface area contributed by atoms with Crippen molar-refractivity contribution in [3.63, 3.8) is 0 Å². The number of nitrogens with zero attached hydrogens (tertiary/aromatic N) is 2. The zero-order chi connectivity index (χ0) is 24.5. The van der Waals surface area contributed by atoms with Gasteiger partial charge in [0.2, 0.25) is 5.91 Å². The summed E-state index contributed by atoms with van der Waals surface area (Å²) >= 11 is 6.34. The van der Waals surface area contributed by atoms with E-state index in [2.05, 4.69) is 10.1 Å². The molecule has 2 heterocycles. The number of nitrogens with one attached hydrogen (secondary N) is 1. The van der Waals surface area contributed by atoms with Crippen molar-refractivity contribution in [2.75, 3.05) is 0 Å². The number of rotatable bonds is 5. The van der Waals surface area contributed by atoms with Crippen LogP contribution in [-0.2, 0) is 4.79 Å². The summed E-state index contributed by atoms with van der Waals surface area (Å²) < 4.78 is 13.6. The van der Waals surface area contributed by atoms with E-state index in [9.17, 15) is 14.0 Å². The van der Waals surface area contributed by atoms with Crippen molar-refractivity contribution in [3.05, 3.63) is 105 Å². The first-order valence-electron chi connectivity index (χ1n) is 11.5. The Morgan fingerprint density at radius 1 is 1.09 bits per heavy atom. The standard InChI is InChI=1S/C28H23ClFN3O2/c1-2-6-25(34)33-24(17-9-12-20(30)13-10-17)16-23(32-33)27-26(18-7-4-3-5-8-18)21-15-19(29)11-14-22(21)31-28(27)35/h3-5,7-15,24H,2,6,16H2,1H3,(H,31,35). The molecule has 0 spiro atoms. The summed E-state index contributed by atoms with van der Waals surface area (Å²) in [4.78, 5) is 29.4. The van der Waals surface area contributed by atoms with Gasteiger partial charge in [-0.15, -0.1) is 0 Å². The number of pyridine rings is 1. The highest BCUT2D eigenvalue weighted by atomic mass is 35.5. The molecule has 1 aliphatic heterocycles. The Balaban J connectivity index is 1.72. The Morgan fingerprint density at radius 2 is 1.83 bits per heavy atom. The molecule has 1 unspecified atom stereocenters. The molecular weight excluding hydrogens is 465 g/mol. The number of halogens is 2. The van der Waals surface area contributed by atoms with Crippen LogP contribution in [-0.4, -0.2) is 21.6 Å². The highest BCUT2D eigenvalue weighted by molar-refractivity contribution is 6.31. The highest BCUT2D eigenvalue weighted by Crippen LogP contribution is 2.37. The molecule has 5 rings (SSSR count). The number of amides is 1. The predicted molar refractivity (Wildman–Crippen MR) is 137 cm³/mol. The number of hydrogen-bond acceptors (Lipinski definition) is 3. The lowest BCUT2D eigenvalue weighted by Crippen LogP contribution is -2.26. The van der Waals surface area contributed by atoms with Crippen molar-refractivity contribution in [1.82, 2.24) is 9.99 Å². The maximum absolute atomic E-state index is 13.6. The van der Waals surface area contributed by atoms with Crippen LogP contribution >= 0.6 is 11.6 Å². The SMILES string of the molecule is CCCC(=O)N1N=C(c2c(-c3ccccc3)c3cc(Cl)ccc3[nH]c2=O)CC1c1ccc(F)cc1. The van der Waals surface area contributed by atoms with Crippen LogP contribution in [0.5, 0.6) is 0 Å². The lowest BCUT2D eigenvalue weighted by Gasteiger charge is -2.21. The molecule has 5 nitrogen and oxygen atoms in total. The van der Waals surface area contributed by atoms with Crippen LogP contribution in [0, 0.1) is 5.82 Å². The molecule has 35 heavy (non-hydrogen) atoms. The molecule has 176 valence electrons. The molecule has 3 aromatic carbocycles. The Hall–Kier alpha value is -3.77. The third-order valence-electron chi connectivity index (χ3n) is 6.21. The van der Waals surface area contributed by atoms with E-state index in [0.717, 1.165) is 16.5 Å². The summed E-state index contributed by atoms with van der Waals surface area (Å²) in [6.45, 7) is 1.93. The zero-order valence-electron chi connectivity index (χ0n) is 19.1. The third-order valence-corrected chi connectivity index (χ3v) is 6.45. The van der Waals surface area contributed by atoms with Gasteiger partial charge in [-0.3, -0.25) is 9.59 Å². The minimum atomic E-state index is -0.428. The van der Waals surface area contributed by atoms with E-state index < -0.39 is 6.04 Å². The van der Waals surface area contributed by atoms with Crippen LogP contribution in [0.15, 0.2) is 82.7 Å². The minimum Gasteiger partial charge on any atom is -0.321 e. The number of benzene rings is 3. The van der Waals surface area contributed by atoms with Gasteiger partial charge in [-0.25, -0.2) is 9.40 Å². The topological polar surface area (TPSA) is 65.5 Å². The lowest BCUT2D eigenvalue weighted by atomic mass is 9.91. The van der Waals surface area contributed by atoms with Gasteiger partial charge >= 0.3 is 0 Å². The Bertz CT molecular complexity index is 1500. The van der Waals surface area contributed by atoms with Gasteiger partial charge in [0.25, 0.3) is 5.56 Å².